The van der Waals surface area contributed by atoms with Crippen molar-refractivity contribution in [1.29, 1.82) is 0 Å². The number of anilines is 1. The number of H-pyrrole nitrogens is 2. The van der Waals surface area contributed by atoms with Gasteiger partial charge in [-0.1, -0.05) is 18.2 Å². The van der Waals surface area contributed by atoms with Crippen LogP contribution in [0.4, 0.5) is 5.69 Å². The molecule has 0 unspecified atom stereocenters. The molecule has 0 bridgehead atoms. The van der Waals surface area contributed by atoms with Crippen molar-refractivity contribution >= 4 is 45.1 Å². The van der Waals surface area contributed by atoms with E-state index in [1.165, 1.54) is 0 Å². The minimum absolute atomic E-state index is 0.100. The molecule has 4 aromatic rings. The monoisotopic (exact) mass is 373 g/mol. The lowest BCUT2D eigenvalue weighted by Gasteiger charge is -2.05. The number of carbonyl (C=O) groups excluding carboxylic acids is 1. The molecule has 0 radical (unpaired) electrons. The van der Waals surface area contributed by atoms with E-state index in [4.69, 9.17) is 11.5 Å². The first kappa shape index (κ1) is 17.3. The highest BCUT2D eigenvalue weighted by Crippen LogP contribution is 2.24. The van der Waals surface area contributed by atoms with Crippen LogP contribution in [0, 0.1) is 0 Å². The Bertz CT molecular complexity index is 1240. The van der Waals surface area contributed by atoms with Gasteiger partial charge in [-0.3, -0.25) is 4.79 Å². The van der Waals surface area contributed by atoms with Gasteiger partial charge in [-0.25, -0.2) is 0 Å². The Kier molecular flexibility index (Phi) is 4.29. The van der Waals surface area contributed by atoms with E-state index in [0.29, 0.717) is 11.4 Å². The SMILES string of the molecule is C/C(=N\N=C(N)N)c1ccc2cc(C(=O)Nc3cccc4[nH]ccc34)[nH]c2c1. The van der Waals surface area contributed by atoms with Gasteiger partial charge in [0.15, 0.2) is 0 Å². The molecule has 0 spiro atoms. The summed E-state index contributed by atoms with van der Waals surface area (Å²) in [6.45, 7) is 1.81. The fraction of sp³-hybridized carbons (Fsp3) is 0.0500. The van der Waals surface area contributed by atoms with E-state index < -0.39 is 0 Å². The Hall–Kier alpha value is -4.07. The van der Waals surface area contributed by atoms with Crippen molar-refractivity contribution in [1.82, 2.24) is 9.97 Å². The molecule has 0 saturated heterocycles. The van der Waals surface area contributed by atoms with Crippen LogP contribution in [-0.2, 0) is 0 Å². The van der Waals surface area contributed by atoms with E-state index in [0.717, 1.165) is 33.1 Å². The van der Waals surface area contributed by atoms with E-state index in [9.17, 15) is 4.79 Å². The van der Waals surface area contributed by atoms with Crippen LogP contribution < -0.4 is 16.8 Å². The number of aromatic amines is 2. The lowest BCUT2D eigenvalue weighted by Crippen LogP contribution is -2.22. The smallest absolute Gasteiger partial charge is 0.272 e. The molecule has 0 aliphatic heterocycles. The predicted molar refractivity (Wildman–Crippen MR) is 113 cm³/mol. The topological polar surface area (TPSA) is 137 Å². The van der Waals surface area contributed by atoms with Crippen LogP contribution in [0.25, 0.3) is 21.8 Å². The van der Waals surface area contributed by atoms with Crippen molar-refractivity contribution in [3.05, 3.63) is 66.0 Å². The second-order valence-corrected chi connectivity index (χ2v) is 6.39. The van der Waals surface area contributed by atoms with Gasteiger partial charge in [0.05, 0.1) is 11.4 Å². The molecule has 0 aliphatic carbocycles. The minimum atomic E-state index is -0.211. The van der Waals surface area contributed by atoms with Crippen molar-refractivity contribution in [3.63, 3.8) is 0 Å². The number of hydrogen-bond acceptors (Lipinski definition) is 3. The third kappa shape index (κ3) is 3.30. The number of hydrogen-bond donors (Lipinski definition) is 5. The van der Waals surface area contributed by atoms with Crippen LogP contribution in [0.3, 0.4) is 0 Å². The molecule has 0 saturated carbocycles. The quantitative estimate of drug-likeness (QED) is 0.214. The van der Waals surface area contributed by atoms with Crippen LogP contribution in [0.2, 0.25) is 0 Å². The standard InChI is InChI=1S/C20H19N7O/c1-11(26-27-20(21)22)12-5-6-13-10-18(24-17(13)9-12)19(28)25-16-4-2-3-15-14(16)7-8-23-15/h2-10,23-24H,1H3,(H,25,28)(H4,21,22,27)/b26-11+. The summed E-state index contributed by atoms with van der Waals surface area (Å²) in [6.07, 6.45) is 1.84. The Labute approximate surface area is 160 Å². The number of nitrogens with two attached hydrogens (primary N) is 2. The molecule has 0 fully saturated rings. The molecule has 8 heteroatoms. The fourth-order valence-electron chi connectivity index (χ4n) is 3.05. The number of nitrogens with zero attached hydrogens (tertiary/aromatic N) is 2. The first-order chi connectivity index (χ1) is 13.5. The molecule has 140 valence electrons. The summed E-state index contributed by atoms with van der Waals surface area (Å²) in [7, 11) is 0. The maximum Gasteiger partial charge on any atom is 0.272 e. The summed E-state index contributed by atoms with van der Waals surface area (Å²) < 4.78 is 0. The van der Waals surface area contributed by atoms with Gasteiger partial charge in [0.25, 0.3) is 5.91 Å². The second kappa shape index (κ2) is 6.92. The van der Waals surface area contributed by atoms with E-state index in [1.807, 2.05) is 61.7 Å². The molecule has 8 nitrogen and oxygen atoms in total. The predicted octanol–water partition coefficient (Wildman–Crippen LogP) is 2.90. The summed E-state index contributed by atoms with van der Waals surface area (Å²) in [5.74, 6) is -0.311. The summed E-state index contributed by atoms with van der Waals surface area (Å²) in [6, 6.07) is 15.2. The van der Waals surface area contributed by atoms with Crippen LogP contribution in [0.1, 0.15) is 23.0 Å². The maximum atomic E-state index is 12.7. The summed E-state index contributed by atoms with van der Waals surface area (Å²) >= 11 is 0. The van der Waals surface area contributed by atoms with Gasteiger partial charge in [-0.05, 0) is 42.8 Å². The number of nitrogens with one attached hydrogen (secondary N) is 3. The molecule has 0 atom stereocenters. The maximum absolute atomic E-state index is 12.7. The van der Waals surface area contributed by atoms with Gasteiger partial charge in [-0.2, -0.15) is 5.10 Å². The highest BCUT2D eigenvalue weighted by Gasteiger charge is 2.12. The molecule has 0 aliphatic rings. The summed E-state index contributed by atoms with van der Waals surface area (Å²) in [5.41, 5.74) is 15.1. The Balaban J connectivity index is 1.62. The zero-order valence-corrected chi connectivity index (χ0v) is 15.2. The average molecular weight is 373 g/mol. The van der Waals surface area contributed by atoms with E-state index in [1.54, 1.807) is 0 Å². The minimum Gasteiger partial charge on any atom is -0.369 e. The second-order valence-electron chi connectivity index (χ2n) is 6.39. The third-order valence-electron chi connectivity index (χ3n) is 4.44. The zero-order chi connectivity index (χ0) is 19.7. The number of benzene rings is 2. The average Bonchev–Trinajstić information content (AvgIpc) is 3.32. The number of guanidine groups is 1. The van der Waals surface area contributed by atoms with Crippen molar-refractivity contribution in [3.8, 4) is 0 Å². The lowest BCUT2D eigenvalue weighted by molar-refractivity contribution is 0.102. The van der Waals surface area contributed by atoms with E-state index in [-0.39, 0.29) is 11.9 Å². The molecule has 2 aromatic carbocycles. The normalized spacial score (nSPS) is 11.7. The fourth-order valence-corrected chi connectivity index (χ4v) is 3.05. The molecule has 4 rings (SSSR count). The van der Waals surface area contributed by atoms with Crippen molar-refractivity contribution in [2.45, 2.75) is 6.92 Å². The molecule has 28 heavy (non-hydrogen) atoms. The Morgan fingerprint density at radius 2 is 1.89 bits per heavy atom. The van der Waals surface area contributed by atoms with Gasteiger partial charge in [0, 0.05) is 28.0 Å². The van der Waals surface area contributed by atoms with Crippen LogP contribution in [-0.4, -0.2) is 27.5 Å². The summed E-state index contributed by atoms with van der Waals surface area (Å²) in [5, 5.41) is 12.5. The Morgan fingerprint density at radius 1 is 1.04 bits per heavy atom. The van der Waals surface area contributed by atoms with Gasteiger partial charge in [0.2, 0.25) is 5.96 Å². The van der Waals surface area contributed by atoms with E-state index >= 15 is 0 Å². The highest BCUT2D eigenvalue weighted by molar-refractivity contribution is 6.10. The van der Waals surface area contributed by atoms with Gasteiger partial charge >= 0.3 is 0 Å². The highest BCUT2D eigenvalue weighted by atomic mass is 16.1. The molecule has 2 aromatic heterocycles. The zero-order valence-electron chi connectivity index (χ0n) is 15.2. The van der Waals surface area contributed by atoms with Crippen LogP contribution in [0.5, 0.6) is 0 Å². The first-order valence-corrected chi connectivity index (χ1v) is 8.65. The number of fused-ring (bicyclic) bond motifs is 2. The van der Waals surface area contributed by atoms with Crippen molar-refractivity contribution in [2.75, 3.05) is 5.32 Å². The Morgan fingerprint density at radius 3 is 2.71 bits per heavy atom. The van der Waals surface area contributed by atoms with Gasteiger partial charge in [-0.15, -0.1) is 5.10 Å². The first-order valence-electron chi connectivity index (χ1n) is 8.65. The summed E-state index contributed by atoms with van der Waals surface area (Å²) in [4.78, 5) is 19.0. The van der Waals surface area contributed by atoms with E-state index in [2.05, 4.69) is 25.5 Å². The lowest BCUT2D eigenvalue weighted by atomic mass is 10.1. The number of aromatic nitrogens is 2. The molecular weight excluding hydrogens is 354 g/mol. The van der Waals surface area contributed by atoms with Crippen LogP contribution in [0.15, 0.2) is 64.9 Å². The van der Waals surface area contributed by atoms with Crippen molar-refractivity contribution < 1.29 is 4.79 Å². The van der Waals surface area contributed by atoms with Gasteiger partial charge in [0.1, 0.15) is 5.69 Å². The molecule has 7 N–H and O–H groups in total. The van der Waals surface area contributed by atoms with Crippen LogP contribution >= 0.6 is 0 Å². The molecular formula is C20H19N7O. The van der Waals surface area contributed by atoms with Crippen molar-refractivity contribution in [2.24, 2.45) is 21.7 Å². The largest absolute Gasteiger partial charge is 0.369 e. The number of carbonyl (C=O) groups is 1. The third-order valence-corrected chi connectivity index (χ3v) is 4.44. The molecule has 1 amide bonds. The molecule has 2 heterocycles. The number of rotatable bonds is 4. The van der Waals surface area contributed by atoms with Gasteiger partial charge < -0.3 is 26.8 Å². The number of amides is 1.